The lowest BCUT2D eigenvalue weighted by Crippen LogP contribution is -2.38. The van der Waals surface area contributed by atoms with Gasteiger partial charge < -0.3 is 5.11 Å². The van der Waals surface area contributed by atoms with E-state index in [1.165, 1.54) is 11.1 Å². The molecule has 1 heterocycles. The van der Waals surface area contributed by atoms with E-state index in [0.717, 1.165) is 42.6 Å². The van der Waals surface area contributed by atoms with E-state index in [1.54, 1.807) is 0 Å². The van der Waals surface area contributed by atoms with Crippen LogP contribution in [0.15, 0.2) is 85.4 Å². The Morgan fingerprint density at radius 3 is 2.33 bits per heavy atom. The highest BCUT2D eigenvalue weighted by atomic mass is 16.6. The zero-order valence-corrected chi connectivity index (χ0v) is 18.7. The molecule has 1 aliphatic rings. The van der Waals surface area contributed by atoms with Gasteiger partial charge in [-0.1, -0.05) is 85.4 Å². The van der Waals surface area contributed by atoms with Gasteiger partial charge in [-0.15, -0.1) is 0 Å². The zero-order valence-electron chi connectivity index (χ0n) is 18.7. The molecule has 170 valence electrons. The first kappa shape index (κ1) is 22.8. The Balaban J connectivity index is 1.24. The Morgan fingerprint density at radius 1 is 0.970 bits per heavy atom. The van der Waals surface area contributed by atoms with Crippen molar-refractivity contribution in [1.82, 2.24) is 10.4 Å². The molecule has 4 rings (SSSR count). The molecule has 3 aromatic carbocycles. The van der Waals surface area contributed by atoms with E-state index in [-0.39, 0.29) is 5.92 Å². The van der Waals surface area contributed by atoms with Crippen molar-refractivity contribution in [2.24, 2.45) is 5.92 Å². The Bertz CT molecular complexity index is 1060. The van der Waals surface area contributed by atoms with Crippen LogP contribution in [0, 0.1) is 5.92 Å². The summed E-state index contributed by atoms with van der Waals surface area (Å²) >= 11 is 0. The van der Waals surface area contributed by atoms with Crippen LogP contribution in [0.4, 0.5) is 0 Å². The summed E-state index contributed by atoms with van der Waals surface area (Å²) in [5.74, 6) is -0.946. The van der Waals surface area contributed by atoms with Crippen LogP contribution in [-0.4, -0.2) is 29.1 Å². The van der Waals surface area contributed by atoms with Crippen LogP contribution in [0.2, 0.25) is 0 Å². The first-order chi connectivity index (χ1) is 16.1. The van der Waals surface area contributed by atoms with Gasteiger partial charge in [-0.2, -0.15) is 0 Å². The number of nitrogens with zero attached hydrogens (tertiary/aromatic N) is 1. The van der Waals surface area contributed by atoms with E-state index in [1.807, 2.05) is 30.3 Å². The van der Waals surface area contributed by atoms with Gasteiger partial charge in [-0.3, -0.25) is 20.0 Å². The van der Waals surface area contributed by atoms with Crippen molar-refractivity contribution in [1.29, 1.82) is 0 Å². The van der Waals surface area contributed by atoms with Gasteiger partial charge in [0.1, 0.15) is 0 Å². The van der Waals surface area contributed by atoms with Gasteiger partial charge in [0, 0.05) is 13.1 Å². The third-order valence-electron chi connectivity index (χ3n) is 6.06. The lowest BCUT2D eigenvalue weighted by molar-refractivity contribution is -0.143. The summed E-state index contributed by atoms with van der Waals surface area (Å²) in [5, 5.41) is 9.27. The van der Waals surface area contributed by atoms with E-state index in [2.05, 4.69) is 65.5 Å². The highest BCUT2D eigenvalue weighted by Gasteiger charge is 2.25. The SMILES string of the molecule is C=C(NOCc1ccc(-c2ccccc2)cc1)c1ccc(CN2CCCC(C(=O)O)C2)cc1. The lowest BCUT2D eigenvalue weighted by Gasteiger charge is -2.30. The van der Waals surface area contributed by atoms with Gasteiger partial charge in [-0.25, -0.2) is 0 Å². The second kappa shape index (κ2) is 10.9. The molecule has 5 heteroatoms. The third kappa shape index (κ3) is 6.31. The normalized spacial score (nSPS) is 16.3. The minimum absolute atomic E-state index is 0.256. The number of carboxylic acid groups (broad SMARTS) is 1. The predicted molar refractivity (Wildman–Crippen MR) is 131 cm³/mol. The molecule has 33 heavy (non-hydrogen) atoms. The number of piperidine rings is 1. The molecule has 5 nitrogen and oxygen atoms in total. The van der Waals surface area contributed by atoms with Crippen LogP contribution in [0.25, 0.3) is 16.8 Å². The van der Waals surface area contributed by atoms with Crippen LogP contribution < -0.4 is 5.48 Å². The Morgan fingerprint density at radius 2 is 1.64 bits per heavy atom. The summed E-state index contributed by atoms with van der Waals surface area (Å²) in [4.78, 5) is 19.1. The topological polar surface area (TPSA) is 61.8 Å². The fourth-order valence-electron chi connectivity index (χ4n) is 4.16. The Hall–Kier alpha value is -3.41. The average molecular weight is 443 g/mol. The van der Waals surface area contributed by atoms with Gasteiger partial charge in [0.15, 0.2) is 0 Å². The van der Waals surface area contributed by atoms with Crippen molar-refractivity contribution in [2.45, 2.75) is 26.0 Å². The highest BCUT2D eigenvalue weighted by molar-refractivity contribution is 5.70. The standard InChI is InChI=1S/C28H30N2O3/c1-21(29-33-20-23-11-15-26(16-12-23)25-6-3-2-4-7-25)24-13-9-22(10-14-24)18-30-17-5-8-27(19-30)28(31)32/h2-4,6-7,9-16,27,29H,1,5,8,17-20H2,(H,31,32). The largest absolute Gasteiger partial charge is 0.481 e. The van der Waals surface area contributed by atoms with Crippen LogP contribution in [0.1, 0.15) is 29.5 Å². The number of hydroxylamine groups is 1. The van der Waals surface area contributed by atoms with Gasteiger partial charge in [-0.05, 0) is 47.2 Å². The zero-order chi connectivity index (χ0) is 23.0. The van der Waals surface area contributed by atoms with Gasteiger partial charge in [0.05, 0.1) is 18.2 Å². The molecule has 1 atom stereocenters. The Kier molecular flexibility index (Phi) is 7.55. The first-order valence-electron chi connectivity index (χ1n) is 11.3. The maximum absolute atomic E-state index is 11.3. The van der Waals surface area contributed by atoms with Crippen LogP contribution in [0.3, 0.4) is 0 Å². The van der Waals surface area contributed by atoms with Crippen molar-refractivity contribution >= 4 is 11.7 Å². The first-order valence-corrected chi connectivity index (χ1v) is 11.3. The van der Waals surface area contributed by atoms with Crippen molar-refractivity contribution in [3.8, 4) is 11.1 Å². The number of likely N-dealkylation sites (tertiary alicyclic amines) is 1. The molecule has 0 radical (unpaired) electrons. The van der Waals surface area contributed by atoms with Crippen molar-refractivity contribution in [3.63, 3.8) is 0 Å². The molecular formula is C28H30N2O3. The minimum atomic E-state index is -0.690. The Labute approximate surface area is 195 Å². The van der Waals surface area contributed by atoms with E-state index >= 15 is 0 Å². The predicted octanol–water partition coefficient (Wildman–Crippen LogP) is 5.34. The quantitative estimate of drug-likeness (QED) is 0.438. The number of benzene rings is 3. The number of aliphatic carboxylic acids is 1. The summed E-state index contributed by atoms with van der Waals surface area (Å²) in [6.45, 7) is 6.83. The molecule has 0 saturated carbocycles. The fraction of sp³-hybridized carbons (Fsp3) is 0.250. The van der Waals surface area contributed by atoms with Gasteiger partial charge in [0.25, 0.3) is 0 Å². The molecular weight excluding hydrogens is 412 g/mol. The van der Waals surface area contributed by atoms with Crippen LogP contribution in [0.5, 0.6) is 0 Å². The van der Waals surface area contributed by atoms with Crippen molar-refractivity contribution in [3.05, 3.63) is 102 Å². The molecule has 0 spiro atoms. The van der Waals surface area contributed by atoms with Crippen molar-refractivity contribution in [2.75, 3.05) is 13.1 Å². The number of hydrogen-bond donors (Lipinski definition) is 2. The molecule has 1 fully saturated rings. The molecule has 0 aromatic heterocycles. The van der Waals surface area contributed by atoms with Gasteiger partial charge >= 0.3 is 5.97 Å². The van der Waals surface area contributed by atoms with E-state index in [9.17, 15) is 9.90 Å². The molecule has 0 bridgehead atoms. The minimum Gasteiger partial charge on any atom is -0.481 e. The monoisotopic (exact) mass is 442 g/mol. The van der Waals surface area contributed by atoms with E-state index in [0.29, 0.717) is 18.8 Å². The number of rotatable bonds is 9. The maximum Gasteiger partial charge on any atom is 0.307 e. The molecule has 0 aliphatic carbocycles. The van der Waals surface area contributed by atoms with Crippen molar-refractivity contribution < 1.29 is 14.7 Å². The van der Waals surface area contributed by atoms with E-state index < -0.39 is 5.97 Å². The second-order valence-electron chi connectivity index (χ2n) is 8.54. The summed E-state index contributed by atoms with van der Waals surface area (Å²) < 4.78 is 0. The summed E-state index contributed by atoms with van der Waals surface area (Å²) in [6, 6.07) is 26.8. The highest BCUT2D eigenvalue weighted by Crippen LogP contribution is 2.21. The summed E-state index contributed by atoms with van der Waals surface area (Å²) in [7, 11) is 0. The smallest absolute Gasteiger partial charge is 0.307 e. The van der Waals surface area contributed by atoms with E-state index in [4.69, 9.17) is 4.84 Å². The number of carboxylic acids is 1. The molecule has 3 aromatic rings. The molecule has 1 aliphatic heterocycles. The fourth-order valence-corrected chi connectivity index (χ4v) is 4.16. The van der Waals surface area contributed by atoms with Crippen LogP contribution >= 0.6 is 0 Å². The number of nitrogens with one attached hydrogen (secondary N) is 1. The van der Waals surface area contributed by atoms with Gasteiger partial charge in [0.2, 0.25) is 0 Å². The lowest BCUT2D eigenvalue weighted by atomic mass is 9.98. The molecule has 1 saturated heterocycles. The van der Waals surface area contributed by atoms with Crippen LogP contribution in [-0.2, 0) is 22.8 Å². The number of hydrogen-bond acceptors (Lipinski definition) is 4. The molecule has 1 unspecified atom stereocenters. The number of carbonyl (C=O) groups is 1. The summed E-state index contributed by atoms with van der Waals surface area (Å²) in [6.07, 6.45) is 1.70. The maximum atomic E-state index is 11.3. The summed E-state index contributed by atoms with van der Waals surface area (Å²) in [5.41, 5.74) is 9.22. The average Bonchev–Trinajstić information content (AvgIpc) is 2.85. The second-order valence-corrected chi connectivity index (χ2v) is 8.54. The molecule has 0 amide bonds. The third-order valence-corrected chi connectivity index (χ3v) is 6.06. The molecule has 2 N–H and O–H groups in total.